The van der Waals surface area contributed by atoms with Crippen LogP contribution in [0.4, 0.5) is 5.69 Å². The zero-order valence-corrected chi connectivity index (χ0v) is 17.4. The molecule has 0 saturated heterocycles. The fourth-order valence-electron chi connectivity index (χ4n) is 2.87. The number of sulfonamides is 1. The first-order valence-electron chi connectivity index (χ1n) is 9.16. The molecule has 0 fully saturated rings. The quantitative estimate of drug-likeness (QED) is 0.426. The normalized spacial score (nSPS) is 11.4. The number of rotatable bonds is 8. The minimum absolute atomic E-state index is 0.0589. The summed E-state index contributed by atoms with van der Waals surface area (Å²) in [6, 6.07) is 15.5. The molecule has 1 aromatic heterocycles. The predicted molar refractivity (Wildman–Crippen MR) is 116 cm³/mol. The zero-order chi connectivity index (χ0) is 22.4. The lowest BCUT2D eigenvalue weighted by atomic mass is 10.1. The largest absolute Gasteiger partial charge is 0.619 e. The molecular weight excluding hydrogens is 420 g/mol. The summed E-state index contributed by atoms with van der Waals surface area (Å²) in [5.74, 6) is -0.812. The first-order valence-corrected chi connectivity index (χ1v) is 10.6. The van der Waals surface area contributed by atoms with E-state index in [4.69, 9.17) is 4.74 Å². The highest BCUT2D eigenvalue weighted by Gasteiger charge is 2.28. The van der Waals surface area contributed by atoms with Gasteiger partial charge < -0.3 is 15.1 Å². The van der Waals surface area contributed by atoms with Crippen LogP contribution in [0.15, 0.2) is 78.0 Å². The summed E-state index contributed by atoms with van der Waals surface area (Å²) in [6.45, 7) is -0.749. The second-order valence-electron chi connectivity index (χ2n) is 6.46. The molecule has 0 saturated carbocycles. The zero-order valence-electron chi connectivity index (χ0n) is 16.6. The van der Waals surface area contributed by atoms with Crippen molar-refractivity contribution >= 4 is 33.8 Å². The minimum Gasteiger partial charge on any atom is -0.619 e. The van der Waals surface area contributed by atoms with E-state index in [1.165, 1.54) is 43.8 Å². The summed E-state index contributed by atoms with van der Waals surface area (Å²) < 4.78 is 33.2. The minimum atomic E-state index is -4.17. The molecule has 0 spiro atoms. The second kappa shape index (κ2) is 9.31. The number of hydrogen-bond donors (Lipinski definition) is 1. The van der Waals surface area contributed by atoms with Gasteiger partial charge in [-0.1, -0.05) is 30.4 Å². The molecule has 0 radical (unpaired) electrons. The Morgan fingerprint density at radius 3 is 2.32 bits per heavy atom. The number of aliphatic carboxylic acids is 1. The van der Waals surface area contributed by atoms with Crippen molar-refractivity contribution in [3.63, 3.8) is 0 Å². The summed E-state index contributed by atoms with van der Waals surface area (Å²) >= 11 is 0. The molecule has 0 bridgehead atoms. The van der Waals surface area contributed by atoms with Gasteiger partial charge in [0.05, 0.1) is 17.7 Å². The molecule has 0 aliphatic rings. The molecule has 0 aliphatic heterocycles. The van der Waals surface area contributed by atoms with E-state index in [9.17, 15) is 23.5 Å². The van der Waals surface area contributed by atoms with E-state index in [0.29, 0.717) is 16.0 Å². The Balaban J connectivity index is 2.04. The molecule has 0 atom stereocenters. The van der Waals surface area contributed by atoms with Gasteiger partial charge in [-0.2, -0.15) is 4.73 Å². The van der Waals surface area contributed by atoms with Crippen LogP contribution in [0.25, 0.3) is 12.2 Å². The van der Waals surface area contributed by atoms with Gasteiger partial charge in [-0.3, -0.25) is 9.10 Å². The number of methoxy groups -OCH3 is 1. The lowest BCUT2D eigenvalue weighted by molar-refractivity contribution is -0.605. The Morgan fingerprint density at radius 1 is 1.06 bits per heavy atom. The first-order chi connectivity index (χ1) is 14.8. The van der Waals surface area contributed by atoms with Crippen LogP contribution in [0, 0.1) is 5.21 Å². The summed E-state index contributed by atoms with van der Waals surface area (Å²) in [6.07, 6.45) is 6.06. The number of benzene rings is 2. The number of hydrogen-bond acceptors (Lipinski definition) is 5. The number of carbonyl (C=O) groups is 1. The molecule has 0 aliphatic carbocycles. The monoisotopic (exact) mass is 440 g/mol. The molecule has 1 N–H and O–H groups in total. The van der Waals surface area contributed by atoms with Gasteiger partial charge in [-0.25, -0.2) is 8.42 Å². The highest BCUT2D eigenvalue weighted by molar-refractivity contribution is 7.92. The van der Waals surface area contributed by atoms with Gasteiger partial charge >= 0.3 is 5.97 Å². The maximum absolute atomic E-state index is 13.3. The van der Waals surface area contributed by atoms with Gasteiger partial charge in [0.25, 0.3) is 10.0 Å². The van der Waals surface area contributed by atoms with Crippen LogP contribution in [0.2, 0.25) is 0 Å². The molecule has 9 heteroatoms. The smallest absolute Gasteiger partial charge is 0.324 e. The fraction of sp³-hybridized carbons (Fsp3) is 0.0909. The highest BCUT2D eigenvalue weighted by Crippen LogP contribution is 2.29. The number of nitrogens with zero attached hydrogens (tertiary/aromatic N) is 2. The van der Waals surface area contributed by atoms with Crippen molar-refractivity contribution in [3.8, 4) is 5.75 Å². The van der Waals surface area contributed by atoms with Crippen LogP contribution in [0.3, 0.4) is 0 Å². The van der Waals surface area contributed by atoms with Gasteiger partial charge in [-0.05, 0) is 41.5 Å². The van der Waals surface area contributed by atoms with Crippen LogP contribution in [-0.2, 0) is 14.8 Å². The number of para-hydroxylation sites is 1. The lowest BCUT2D eigenvalue weighted by Crippen LogP contribution is -2.36. The maximum atomic E-state index is 13.3. The maximum Gasteiger partial charge on any atom is 0.324 e. The molecule has 1 heterocycles. The molecule has 3 rings (SSSR count). The van der Waals surface area contributed by atoms with Crippen molar-refractivity contribution in [1.82, 2.24) is 0 Å². The van der Waals surface area contributed by atoms with E-state index in [0.717, 1.165) is 9.87 Å². The number of pyridine rings is 1. The summed E-state index contributed by atoms with van der Waals surface area (Å²) in [7, 11) is -2.70. The number of aromatic nitrogens is 1. The molecule has 8 nitrogen and oxygen atoms in total. The predicted octanol–water partition coefficient (Wildman–Crippen LogP) is 2.78. The van der Waals surface area contributed by atoms with E-state index in [1.807, 2.05) is 0 Å². The molecule has 160 valence electrons. The Hall–Kier alpha value is -3.85. The van der Waals surface area contributed by atoms with Crippen LogP contribution in [0.1, 0.15) is 11.1 Å². The van der Waals surface area contributed by atoms with E-state index >= 15 is 0 Å². The Kier molecular flexibility index (Phi) is 6.56. The Labute approximate surface area is 179 Å². The van der Waals surface area contributed by atoms with Crippen LogP contribution < -0.4 is 13.8 Å². The first kappa shape index (κ1) is 21.8. The number of anilines is 1. The second-order valence-corrected chi connectivity index (χ2v) is 8.33. The molecular formula is C22H20N2O6S. The average molecular weight is 440 g/mol. The van der Waals surface area contributed by atoms with Crippen molar-refractivity contribution in [2.45, 2.75) is 4.90 Å². The summed E-state index contributed by atoms with van der Waals surface area (Å²) in [5, 5.41) is 20.6. The van der Waals surface area contributed by atoms with Crippen molar-refractivity contribution in [3.05, 3.63) is 89.4 Å². The Bertz CT molecular complexity index is 1190. The van der Waals surface area contributed by atoms with Gasteiger partial charge in [0.15, 0.2) is 12.4 Å². The number of carboxylic acids is 1. The summed E-state index contributed by atoms with van der Waals surface area (Å²) in [4.78, 5) is 11.4. The molecule has 0 unspecified atom stereocenters. The van der Waals surface area contributed by atoms with Gasteiger partial charge in [0.1, 0.15) is 12.3 Å². The third-order valence-electron chi connectivity index (χ3n) is 4.41. The Morgan fingerprint density at radius 2 is 1.71 bits per heavy atom. The van der Waals surface area contributed by atoms with Gasteiger partial charge in [0, 0.05) is 12.1 Å². The number of ether oxygens (including phenoxy) is 1. The van der Waals surface area contributed by atoms with Crippen LogP contribution in [-0.4, -0.2) is 33.1 Å². The van der Waals surface area contributed by atoms with Crippen LogP contribution in [0.5, 0.6) is 5.75 Å². The van der Waals surface area contributed by atoms with E-state index in [1.54, 1.807) is 48.6 Å². The molecule has 31 heavy (non-hydrogen) atoms. The van der Waals surface area contributed by atoms with Crippen LogP contribution >= 0.6 is 0 Å². The van der Waals surface area contributed by atoms with Gasteiger partial charge in [0.2, 0.25) is 0 Å². The molecule has 2 aromatic carbocycles. The van der Waals surface area contributed by atoms with Gasteiger partial charge in [-0.15, -0.1) is 0 Å². The fourth-order valence-corrected chi connectivity index (χ4v) is 4.31. The average Bonchev–Trinajstić information content (AvgIpc) is 2.77. The van der Waals surface area contributed by atoms with Crippen molar-refractivity contribution in [1.29, 1.82) is 0 Å². The summed E-state index contributed by atoms with van der Waals surface area (Å²) in [5.41, 5.74) is 1.44. The third kappa shape index (κ3) is 5.20. The van der Waals surface area contributed by atoms with Crippen molar-refractivity contribution in [2.75, 3.05) is 18.0 Å². The van der Waals surface area contributed by atoms with E-state index < -0.39 is 22.5 Å². The molecule has 0 amide bonds. The third-order valence-corrected chi connectivity index (χ3v) is 6.19. The standard InChI is InChI=1S/C22H20N2O6S/c1-30-19-8-10-20(11-9-19)31(28,29)24(16-22(25)26)21-5-3-2-4-18(21)7-6-17-12-14-23(27)15-13-17/h2-15H,16H2,1H3,(H,25,26)/b7-6+. The van der Waals surface area contributed by atoms with Crippen molar-refractivity contribution in [2.24, 2.45) is 0 Å². The number of carboxylic acid groups (broad SMARTS) is 1. The van der Waals surface area contributed by atoms with Crippen molar-refractivity contribution < 1.29 is 27.8 Å². The SMILES string of the molecule is COc1ccc(S(=O)(=O)N(CC(=O)O)c2ccccc2/C=C/c2cc[n+]([O-])cc2)cc1. The topological polar surface area (TPSA) is 111 Å². The lowest BCUT2D eigenvalue weighted by Gasteiger charge is -2.24. The van der Waals surface area contributed by atoms with E-state index in [-0.39, 0.29) is 10.6 Å². The highest BCUT2D eigenvalue weighted by atomic mass is 32.2. The molecule has 3 aromatic rings. The van der Waals surface area contributed by atoms with E-state index in [2.05, 4.69) is 0 Å².